The maximum atomic E-state index is 13.9. The highest BCUT2D eigenvalue weighted by Crippen LogP contribution is 2.28. The van der Waals surface area contributed by atoms with Gasteiger partial charge in [-0.2, -0.15) is 0 Å². The molecular formula is C19H16FN3O4. The van der Waals surface area contributed by atoms with Gasteiger partial charge in [0.2, 0.25) is 0 Å². The van der Waals surface area contributed by atoms with Gasteiger partial charge in [0.15, 0.2) is 11.6 Å². The lowest BCUT2D eigenvalue weighted by Gasteiger charge is -2.08. The van der Waals surface area contributed by atoms with Gasteiger partial charge in [0.25, 0.3) is 5.91 Å². The number of halogens is 1. The van der Waals surface area contributed by atoms with Crippen LogP contribution in [0.25, 0.3) is 11.4 Å². The zero-order valence-electron chi connectivity index (χ0n) is 14.3. The summed E-state index contributed by atoms with van der Waals surface area (Å²) in [4.78, 5) is 29.5. The summed E-state index contributed by atoms with van der Waals surface area (Å²) in [7, 11) is 0. The number of amides is 1. The van der Waals surface area contributed by atoms with E-state index in [-0.39, 0.29) is 11.3 Å². The number of aryl methyl sites for hydroxylation is 1. The van der Waals surface area contributed by atoms with Crippen molar-refractivity contribution in [3.63, 3.8) is 0 Å². The van der Waals surface area contributed by atoms with Crippen LogP contribution in [0.2, 0.25) is 0 Å². The molecule has 138 valence electrons. The van der Waals surface area contributed by atoms with E-state index in [2.05, 4.69) is 15.3 Å². The number of carboxylic acid groups (broad SMARTS) is 1. The van der Waals surface area contributed by atoms with Crippen molar-refractivity contribution in [2.24, 2.45) is 0 Å². The number of carboxylic acids is 1. The molecule has 2 heterocycles. The molecule has 0 radical (unpaired) electrons. The largest absolute Gasteiger partial charge is 0.480 e. The molecule has 0 bridgehead atoms. The molecule has 0 spiro atoms. The van der Waals surface area contributed by atoms with Gasteiger partial charge in [-0.25, -0.2) is 4.39 Å². The molecule has 0 aliphatic heterocycles. The number of aromatic amines is 1. The number of H-pyrrole nitrogens is 1. The van der Waals surface area contributed by atoms with Gasteiger partial charge in [-0.05, 0) is 36.8 Å². The van der Waals surface area contributed by atoms with Gasteiger partial charge in [0, 0.05) is 18.5 Å². The van der Waals surface area contributed by atoms with E-state index < -0.39 is 24.2 Å². The molecule has 3 N–H and O–H groups in total. The van der Waals surface area contributed by atoms with Crippen molar-refractivity contribution in [2.75, 3.05) is 6.54 Å². The van der Waals surface area contributed by atoms with Crippen molar-refractivity contribution >= 4 is 11.9 Å². The second kappa shape index (κ2) is 7.69. The third kappa shape index (κ3) is 4.49. The first kappa shape index (κ1) is 18.1. The summed E-state index contributed by atoms with van der Waals surface area (Å²) in [6.45, 7) is 1.36. The fraction of sp³-hybridized carbons (Fsp3) is 0.105. The van der Waals surface area contributed by atoms with Crippen LogP contribution in [-0.4, -0.2) is 33.5 Å². The molecule has 3 rings (SSSR count). The number of benzene rings is 1. The van der Waals surface area contributed by atoms with Crippen LogP contribution in [-0.2, 0) is 4.79 Å². The van der Waals surface area contributed by atoms with Crippen molar-refractivity contribution in [3.05, 3.63) is 65.7 Å². The fourth-order valence-corrected chi connectivity index (χ4v) is 2.37. The Kier molecular flexibility index (Phi) is 5.16. The SMILES string of the molecule is Cc1ccc(F)c(Oc2ccnc(-c3cc(C(=O)NCC(=O)O)c[nH]3)c2)c1. The molecule has 0 saturated heterocycles. The molecule has 0 aliphatic carbocycles. The maximum Gasteiger partial charge on any atom is 0.322 e. The number of hydrogen-bond acceptors (Lipinski definition) is 4. The van der Waals surface area contributed by atoms with Gasteiger partial charge < -0.3 is 20.1 Å². The van der Waals surface area contributed by atoms with E-state index in [0.717, 1.165) is 5.56 Å². The van der Waals surface area contributed by atoms with Crippen LogP contribution in [0.15, 0.2) is 48.8 Å². The molecule has 0 aliphatic rings. The van der Waals surface area contributed by atoms with Crippen molar-refractivity contribution in [1.29, 1.82) is 0 Å². The number of pyridine rings is 1. The Hall–Kier alpha value is -3.68. The van der Waals surface area contributed by atoms with Crippen molar-refractivity contribution in [3.8, 4) is 22.9 Å². The van der Waals surface area contributed by atoms with E-state index in [4.69, 9.17) is 9.84 Å². The van der Waals surface area contributed by atoms with Crippen LogP contribution < -0.4 is 10.1 Å². The Labute approximate surface area is 153 Å². The van der Waals surface area contributed by atoms with Crippen LogP contribution in [0.5, 0.6) is 11.5 Å². The second-order valence-electron chi connectivity index (χ2n) is 5.79. The summed E-state index contributed by atoms with van der Waals surface area (Å²) >= 11 is 0. The van der Waals surface area contributed by atoms with E-state index >= 15 is 0 Å². The number of aliphatic carboxylic acids is 1. The molecule has 7 nitrogen and oxygen atoms in total. The minimum Gasteiger partial charge on any atom is -0.480 e. The van der Waals surface area contributed by atoms with Crippen LogP contribution in [0, 0.1) is 12.7 Å². The predicted octanol–water partition coefficient (Wildman–Crippen LogP) is 3.13. The highest BCUT2D eigenvalue weighted by molar-refractivity contribution is 5.96. The smallest absolute Gasteiger partial charge is 0.322 e. The molecule has 0 atom stereocenters. The topological polar surface area (TPSA) is 104 Å². The van der Waals surface area contributed by atoms with E-state index in [1.54, 1.807) is 24.3 Å². The molecule has 1 amide bonds. The Morgan fingerprint density at radius 3 is 2.85 bits per heavy atom. The summed E-state index contributed by atoms with van der Waals surface area (Å²) < 4.78 is 19.5. The number of rotatable bonds is 6. The van der Waals surface area contributed by atoms with E-state index in [1.807, 2.05) is 6.92 Å². The number of aromatic nitrogens is 2. The number of hydrogen-bond donors (Lipinski definition) is 3. The van der Waals surface area contributed by atoms with Crippen LogP contribution in [0.3, 0.4) is 0 Å². The summed E-state index contributed by atoms with van der Waals surface area (Å²) in [6.07, 6.45) is 2.95. The van der Waals surface area contributed by atoms with Crippen molar-refractivity contribution in [1.82, 2.24) is 15.3 Å². The maximum absolute atomic E-state index is 13.9. The number of ether oxygens (including phenoxy) is 1. The van der Waals surface area contributed by atoms with E-state index in [1.165, 1.54) is 24.5 Å². The van der Waals surface area contributed by atoms with Gasteiger partial charge in [-0.1, -0.05) is 6.07 Å². The Morgan fingerprint density at radius 1 is 1.26 bits per heavy atom. The molecular weight excluding hydrogens is 353 g/mol. The van der Waals surface area contributed by atoms with Gasteiger partial charge in [-0.3, -0.25) is 14.6 Å². The molecule has 27 heavy (non-hydrogen) atoms. The summed E-state index contributed by atoms with van der Waals surface area (Å²) in [5.41, 5.74) is 2.15. The average molecular weight is 369 g/mol. The Bertz CT molecular complexity index is 1000. The second-order valence-corrected chi connectivity index (χ2v) is 5.79. The first-order valence-electron chi connectivity index (χ1n) is 8.01. The summed E-state index contributed by atoms with van der Waals surface area (Å²) in [6, 6.07) is 9.31. The van der Waals surface area contributed by atoms with E-state index in [9.17, 15) is 14.0 Å². The number of nitrogens with one attached hydrogen (secondary N) is 2. The van der Waals surface area contributed by atoms with E-state index in [0.29, 0.717) is 17.1 Å². The predicted molar refractivity (Wildman–Crippen MR) is 95.2 cm³/mol. The highest BCUT2D eigenvalue weighted by atomic mass is 19.1. The molecule has 1 aromatic carbocycles. The molecule has 0 saturated carbocycles. The number of carbonyl (C=O) groups is 2. The third-order valence-corrected chi connectivity index (χ3v) is 3.67. The molecule has 8 heteroatoms. The molecule has 3 aromatic rings. The van der Waals surface area contributed by atoms with Gasteiger partial charge in [0.1, 0.15) is 12.3 Å². The first-order valence-corrected chi connectivity index (χ1v) is 8.01. The number of carbonyl (C=O) groups excluding carboxylic acids is 1. The minimum absolute atomic E-state index is 0.104. The van der Waals surface area contributed by atoms with Crippen molar-refractivity contribution < 1.29 is 23.8 Å². The van der Waals surface area contributed by atoms with Crippen LogP contribution in [0.4, 0.5) is 4.39 Å². The lowest BCUT2D eigenvalue weighted by Crippen LogP contribution is -2.28. The Balaban J connectivity index is 1.79. The average Bonchev–Trinajstić information content (AvgIpc) is 3.13. The molecule has 2 aromatic heterocycles. The monoisotopic (exact) mass is 369 g/mol. The minimum atomic E-state index is -1.13. The van der Waals surface area contributed by atoms with Crippen molar-refractivity contribution in [2.45, 2.75) is 6.92 Å². The quantitative estimate of drug-likeness (QED) is 0.619. The normalized spacial score (nSPS) is 10.4. The lowest BCUT2D eigenvalue weighted by molar-refractivity contribution is -0.135. The zero-order chi connectivity index (χ0) is 19.4. The van der Waals surface area contributed by atoms with Gasteiger partial charge in [0.05, 0.1) is 17.0 Å². The fourth-order valence-electron chi connectivity index (χ4n) is 2.37. The van der Waals surface area contributed by atoms with Crippen LogP contribution in [0.1, 0.15) is 15.9 Å². The lowest BCUT2D eigenvalue weighted by atomic mass is 10.2. The van der Waals surface area contributed by atoms with Gasteiger partial charge in [-0.15, -0.1) is 0 Å². The van der Waals surface area contributed by atoms with Crippen LogP contribution >= 0.6 is 0 Å². The first-order chi connectivity index (χ1) is 12.9. The summed E-state index contributed by atoms with van der Waals surface area (Å²) in [5.74, 6) is -1.64. The molecule has 0 fully saturated rings. The highest BCUT2D eigenvalue weighted by Gasteiger charge is 2.12. The zero-order valence-corrected chi connectivity index (χ0v) is 14.3. The Morgan fingerprint density at radius 2 is 2.07 bits per heavy atom. The summed E-state index contributed by atoms with van der Waals surface area (Å²) in [5, 5.41) is 10.9. The van der Waals surface area contributed by atoms with Gasteiger partial charge >= 0.3 is 5.97 Å². The number of nitrogens with zero attached hydrogens (tertiary/aromatic N) is 1. The molecule has 0 unspecified atom stereocenters. The third-order valence-electron chi connectivity index (χ3n) is 3.67. The standard InChI is InChI=1S/C19H16FN3O4/c1-11-2-3-14(20)17(6-11)27-13-4-5-21-16(8-13)15-7-12(9-22-15)19(26)23-10-18(24)25/h2-9,22H,10H2,1H3,(H,23,26)(H,24,25).